The van der Waals surface area contributed by atoms with E-state index < -0.39 is 0 Å². The van der Waals surface area contributed by atoms with Gasteiger partial charge < -0.3 is 4.79 Å². The van der Waals surface area contributed by atoms with Gasteiger partial charge in [0.2, 0.25) is 0 Å². The van der Waals surface area contributed by atoms with Crippen molar-refractivity contribution in [1.29, 1.82) is 0 Å². The zero-order valence-electron chi connectivity index (χ0n) is 9.29. The molecule has 0 amide bonds. The fourth-order valence-corrected chi connectivity index (χ4v) is 1.79. The standard InChI is InChI=1S/C12H13N3O/c1-9(6-16)11-4-3-5-12(10(11)2)15-8-13-7-14-15/h3-9H,1-2H3. The largest absolute Gasteiger partial charge is 0.303 e. The van der Waals surface area contributed by atoms with Crippen LogP contribution in [0.15, 0.2) is 30.9 Å². The van der Waals surface area contributed by atoms with E-state index in [0.29, 0.717) is 0 Å². The van der Waals surface area contributed by atoms with Crippen LogP contribution in [0.3, 0.4) is 0 Å². The molecule has 4 nitrogen and oxygen atoms in total. The fourth-order valence-electron chi connectivity index (χ4n) is 1.79. The van der Waals surface area contributed by atoms with Crippen LogP contribution < -0.4 is 0 Å². The summed E-state index contributed by atoms with van der Waals surface area (Å²) in [4.78, 5) is 14.7. The molecular weight excluding hydrogens is 202 g/mol. The van der Waals surface area contributed by atoms with Gasteiger partial charge in [0.15, 0.2) is 0 Å². The number of carbonyl (C=O) groups is 1. The van der Waals surface area contributed by atoms with Gasteiger partial charge in [0.1, 0.15) is 18.9 Å². The summed E-state index contributed by atoms with van der Waals surface area (Å²) < 4.78 is 1.70. The van der Waals surface area contributed by atoms with E-state index in [4.69, 9.17) is 0 Å². The molecule has 4 heteroatoms. The Kier molecular flexibility index (Phi) is 2.81. The smallest absolute Gasteiger partial charge is 0.138 e. The molecule has 0 radical (unpaired) electrons. The summed E-state index contributed by atoms with van der Waals surface area (Å²) in [6, 6.07) is 5.86. The summed E-state index contributed by atoms with van der Waals surface area (Å²) in [5.74, 6) is -0.0940. The number of rotatable bonds is 3. The van der Waals surface area contributed by atoms with Crippen LogP contribution in [0.25, 0.3) is 5.69 Å². The first-order valence-corrected chi connectivity index (χ1v) is 5.14. The minimum Gasteiger partial charge on any atom is -0.303 e. The fraction of sp³-hybridized carbons (Fsp3) is 0.250. The van der Waals surface area contributed by atoms with Gasteiger partial charge in [0.05, 0.1) is 5.69 Å². The third-order valence-corrected chi connectivity index (χ3v) is 2.71. The van der Waals surface area contributed by atoms with Gasteiger partial charge >= 0.3 is 0 Å². The summed E-state index contributed by atoms with van der Waals surface area (Å²) in [6.45, 7) is 3.88. The number of aromatic nitrogens is 3. The molecule has 16 heavy (non-hydrogen) atoms. The maximum Gasteiger partial charge on any atom is 0.138 e. The predicted molar refractivity (Wildman–Crippen MR) is 60.6 cm³/mol. The maximum atomic E-state index is 10.8. The molecule has 1 unspecified atom stereocenters. The van der Waals surface area contributed by atoms with Gasteiger partial charge in [0, 0.05) is 5.92 Å². The normalized spacial score (nSPS) is 12.4. The zero-order chi connectivity index (χ0) is 11.5. The second kappa shape index (κ2) is 4.26. The molecule has 0 aliphatic carbocycles. The van der Waals surface area contributed by atoms with Crippen LogP contribution in [0.1, 0.15) is 24.0 Å². The molecule has 82 valence electrons. The highest BCUT2D eigenvalue weighted by atomic mass is 16.1. The quantitative estimate of drug-likeness (QED) is 0.734. The molecule has 0 saturated heterocycles. The number of aldehydes is 1. The summed E-state index contributed by atoms with van der Waals surface area (Å²) in [6.07, 6.45) is 4.10. The van der Waals surface area contributed by atoms with Crippen molar-refractivity contribution in [3.05, 3.63) is 42.0 Å². The average molecular weight is 215 g/mol. The second-order valence-corrected chi connectivity index (χ2v) is 3.76. The first-order valence-electron chi connectivity index (χ1n) is 5.14. The van der Waals surface area contributed by atoms with E-state index >= 15 is 0 Å². The number of nitrogens with zero attached hydrogens (tertiary/aromatic N) is 3. The van der Waals surface area contributed by atoms with Crippen molar-refractivity contribution in [1.82, 2.24) is 14.8 Å². The molecule has 1 aromatic heterocycles. The van der Waals surface area contributed by atoms with Gasteiger partial charge in [-0.2, -0.15) is 5.10 Å². The summed E-state index contributed by atoms with van der Waals surface area (Å²) in [5.41, 5.74) is 3.05. The highest BCUT2D eigenvalue weighted by Gasteiger charge is 2.11. The van der Waals surface area contributed by atoms with Crippen LogP contribution in [0.2, 0.25) is 0 Å². The molecule has 1 heterocycles. The van der Waals surface area contributed by atoms with Gasteiger partial charge in [0.25, 0.3) is 0 Å². The molecule has 0 aliphatic heterocycles. The molecule has 0 fully saturated rings. The van der Waals surface area contributed by atoms with E-state index in [0.717, 1.165) is 23.1 Å². The van der Waals surface area contributed by atoms with Crippen molar-refractivity contribution in [2.24, 2.45) is 0 Å². The number of benzene rings is 1. The third-order valence-electron chi connectivity index (χ3n) is 2.71. The highest BCUT2D eigenvalue weighted by molar-refractivity contribution is 5.64. The Morgan fingerprint density at radius 2 is 2.25 bits per heavy atom. The summed E-state index contributed by atoms with van der Waals surface area (Å²) in [7, 11) is 0. The Bertz CT molecular complexity index is 491. The molecule has 2 aromatic rings. The van der Waals surface area contributed by atoms with Gasteiger partial charge in [-0.3, -0.25) is 0 Å². The monoisotopic (exact) mass is 215 g/mol. The summed E-state index contributed by atoms with van der Waals surface area (Å²) in [5, 5.41) is 4.09. The van der Waals surface area contributed by atoms with Crippen molar-refractivity contribution >= 4 is 6.29 Å². The van der Waals surface area contributed by atoms with E-state index in [1.165, 1.54) is 6.33 Å². The van der Waals surface area contributed by atoms with Gasteiger partial charge in [-0.15, -0.1) is 0 Å². The summed E-state index contributed by atoms with van der Waals surface area (Å²) >= 11 is 0. The predicted octanol–water partition coefficient (Wildman–Crippen LogP) is 1.88. The van der Waals surface area contributed by atoms with E-state index in [9.17, 15) is 4.79 Å². The number of carbonyl (C=O) groups excluding carboxylic acids is 1. The van der Waals surface area contributed by atoms with Crippen molar-refractivity contribution < 1.29 is 4.79 Å². The number of hydrogen-bond acceptors (Lipinski definition) is 3. The maximum absolute atomic E-state index is 10.8. The minimum absolute atomic E-state index is 0.0940. The number of hydrogen-bond donors (Lipinski definition) is 0. The van der Waals surface area contributed by atoms with Gasteiger partial charge in [-0.25, -0.2) is 9.67 Å². The van der Waals surface area contributed by atoms with Crippen LogP contribution in [-0.2, 0) is 4.79 Å². The Hall–Kier alpha value is -1.97. The molecule has 0 spiro atoms. The van der Waals surface area contributed by atoms with Crippen LogP contribution in [0.4, 0.5) is 0 Å². The molecule has 0 bridgehead atoms. The van der Waals surface area contributed by atoms with Crippen molar-refractivity contribution in [2.75, 3.05) is 0 Å². The van der Waals surface area contributed by atoms with Gasteiger partial charge in [-0.1, -0.05) is 19.1 Å². The zero-order valence-corrected chi connectivity index (χ0v) is 9.29. The minimum atomic E-state index is -0.0940. The lowest BCUT2D eigenvalue weighted by atomic mass is 9.96. The first kappa shape index (κ1) is 10.5. The van der Waals surface area contributed by atoms with Gasteiger partial charge in [-0.05, 0) is 24.1 Å². The molecule has 2 rings (SSSR count). The van der Waals surface area contributed by atoms with Crippen LogP contribution in [-0.4, -0.2) is 21.1 Å². The molecular formula is C12H13N3O. The lowest BCUT2D eigenvalue weighted by Crippen LogP contribution is -2.03. The third kappa shape index (κ3) is 1.74. The average Bonchev–Trinajstić information content (AvgIpc) is 2.82. The van der Waals surface area contributed by atoms with Crippen LogP contribution in [0.5, 0.6) is 0 Å². The van der Waals surface area contributed by atoms with Crippen LogP contribution in [0, 0.1) is 6.92 Å². The van der Waals surface area contributed by atoms with E-state index in [2.05, 4.69) is 10.1 Å². The van der Waals surface area contributed by atoms with E-state index in [-0.39, 0.29) is 5.92 Å². The second-order valence-electron chi connectivity index (χ2n) is 3.76. The molecule has 1 aromatic carbocycles. The SMILES string of the molecule is Cc1c(C(C)C=O)cccc1-n1cncn1. The van der Waals surface area contributed by atoms with Crippen molar-refractivity contribution in [3.8, 4) is 5.69 Å². The molecule has 0 aliphatic rings. The molecule has 0 saturated carbocycles. The Morgan fingerprint density at radius 1 is 1.44 bits per heavy atom. The van der Waals surface area contributed by atoms with E-state index in [1.54, 1.807) is 11.0 Å². The Balaban J connectivity index is 2.53. The highest BCUT2D eigenvalue weighted by Crippen LogP contribution is 2.22. The van der Waals surface area contributed by atoms with Crippen molar-refractivity contribution in [2.45, 2.75) is 19.8 Å². The lowest BCUT2D eigenvalue weighted by molar-refractivity contribution is -0.108. The van der Waals surface area contributed by atoms with Crippen LogP contribution >= 0.6 is 0 Å². The lowest BCUT2D eigenvalue weighted by Gasteiger charge is -2.12. The van der Waals surface area contributed by atoms with E-state index in [1.807, 2.05) is 32.0 Å². The Morgan fingerprint density at radius 3 is 2.88 bits per heavy atom. The van der Waals surface area contributed by atoms with Crippen molar-refractivity contribution in [3.63, 3.8) is 0 Å². The molecule has 1 atom stereocenters. The molecule has 0 N–H and O–H groups in total. The Labute approximate surface area is 93.9 Å². The topological polar surface area (TPSA) is 47.8 Å². The first-order chi connectivity index (χ1) is 7.74.